The molecule has 0 aliphatic carbocycles. The molecule has 0 saturated heterocycles. The van der Waals surface area contributed by atoms with Crippen LogP contribution >= 0.6 is 11.3 Å². The first-order valence-corrected chi connectivity index (χ1v) is 8.76. The van der Waals surface area contributed by atoms with Gasteiger partial charge in [0.05, 0.1) is 5.69 Å². The Balaban J connectivity index is 1.62. The first-order chi connectivity index (χ1) is 12.5. The highest BCUT2D eigenvalue weighted by Gasteiger charge is 2.21. The molecule has 0 spiro atoms. The van der Waals surface area contributed by atoms with Gasteiger partial charge in [0.2, 0.25) is 11.0 Å². The molecule has 0 radical (unpaired) electrons. The SMILES string of the molecule is Cc1cc2c(N)c(C(=O)Nc3c[n+](-c4ccccc4)no3)sc2nc1C. The second-order valence-corrected chi connectivity index (χ2v) is 6.89. The lowest BCUT2D eigenvalue weighted by Gasteiger charge is -1.99. The smallest absolute Gasteiger partial charge is 0.303 e. The van der Waals surface area contributed by atoms with Gasteiger partial charge in [0, 0.05) is 23.2 Å². The van der Waals surface area contributed by atoms with E-state index in [0.717, 1.165) is 27.2 Å². The molecule has 7 nitrogen and oxygen atoms in total. The summed E-state index contributed by atoms with van der Waals surface area (Å²) in [6, 6.07) is 11.4. The van der Waals surface area contributed by atoms with E-state index in [0.29, 0.717) is 10.6 Å². The number of pyridine rings is 1. The number of aryl methyl sites for hydroxylation is 2. The van der Waals surface area contributed by atoms with Gasteiger partial charge in [-0.3, -0.25) is 14.6 Å². The lowest BCUT2D eigenvalue weighted by atomic mass is 10.1. The molecule has 26 heavy (non-hydrogen) atoms. The number of nitrogens with two attached hydrogens (primary N) is 1. The third-order valence-corrected chi connectivity index (χ3v) is 5.21. The van der Waals surface area contributed by atoms with Crippen molar-refractivity contribution in [3.63, 3.8) is 0 Å². The normalized spacial score (nSPS) is 11.0. The van der Waals surface area contributed by atoms with Gasteiger partial charge in [0.25, 0.3) is 12.1 Å². The zero-order chi connectivity index (χ0) is 18.3. The fourth-order valence-corrected chi connectivity index (χ4v) is 3.59. The molecule has 1 amide bonds. The molecule has 0 fully saturated rings. The van der Waals surface area contributed by atoms with E-state index in [9.17, 15) is 4.79 Å². The molecular weight excluding hydrogens is 350 g/mol. The fourth-order valence-electron chi connectivity index (χ4n) is 2.57. The molecule has 3 N–H and O–H groups in total. The lowest BCUT2D eigenvalue weighted by Crippen LogP contribution is -2.31. The Bertz CT molecular complexity index is 1120. The van der Waals surface area contributed by atoms with Crippen LogP contribution in [0.3, 0.4) is 0 Å². The minimum absolute atomic E-state index is 0.232. The van der Waals surface area contributed by atoms with Gasteiger partial charge in [-0.15, -0.1) is 11.3 Å². The number of thiophene rings is 1. The van der Waals surface area contributed by atoms with Crippen molar-refractivity contribution in [1.82, 2.24) is 10.3 Å². The molecule has 3 aromatic heterocycles. The molecule has 0 bridgehead atoms. The number of amides is 1. The van der Waals surface area contributed by atoms with Crippen LogP contribution in [0.2, 0.25) is 0 Å². The Kier molecular flexibility index (Phi) is 3.89. The predicted molar refractivity (Wildman–Crippen MR) is 99.5 cm³/mol. The summed E-state index contributed by atoms with van der Waals surface area (Å²) in [5, 5.41) is 7.39. The van der Waals surface area contributed by atoms with Crippen LogP contribution in [0.1, 0.15) is 20.9 Å². The van der Waals surface area contributed by atoms with Crippen molar-refractivity contribution >= 4 is 39.0 Å². The van der Waals surface area contributed by atoms with Gasteiger partial charge in [-0.1, -0.05) is 18.2 Å². The molecule has 3 heterocycles. The van der Waals surface area contributed by atoms with Crippen LogP contribution in [0.5, 0.6) is 0 Å². The summed E-state index contributed by atoms with van der Waals surface area (Å²) in [6.45, 7) is 3.90. The number of hydrogen-bond acceptors (Lipinski definition) is 6. The summed E-state index contributed by atoms with van der Waals surface area (Å²) < 4.78 is 6.73. The molecule has 0 aliphatic rings. The zero-order valence-electron chi connectivity index (χ0n) is 14.2. The molecule has 130 valence electrons. The average Bonchev–Trinajstić information content (AvgIpc) is 3.22. The topological polar surface area (TPSA) is 97.9 Å². The number of rotatable bonds is 3. The van der Waals surface area contributed by atoms with Crippen molar-refractivity contribution in [3.05, 3.63) is 58.7 Å². The summed E-state index contributed by atoms with van der Waals surface area (Å²) in [6.07, 6.45) is 1.60. The molecule has 4 aromatic rings. The van der Waals surface area contributed by atoms with E-state index in [1.165, 1.54) is 16.0 Å². The number of aromatic nitrogens is 3. The fraction of sp³-hybridized carbons (Fsp3) is 0.111. The monoisotopic (exact) mass is 366 g/mol. The highest BCUT2D eigenvalue weighted by atomic mass is 32.1. The second kappa shape index (κ2) is 6.23. The maximum atomic E-state index is 12.6. The Labute approximate surface area is 153 Å². The highest BCUT2D eigenvalue weighted by Crippen LogP contribution is 2.34. The molecule has 8 heteroatoms. The van der Waals surface area contributed by atoms with Gasteiger partial charge in [-0.25, -0.2) is 4.98 Å². The van der Waals surface area contributed by atoms with Crippen molar-refractivity contribution in [2.75, 3.05) is 11.1 Å². The number of carbonyl (C=O) groups excluding carboxylic acids is 1. The highest BCUT2D eigenvalue weighted by molar-refractivity contribution is 7.21. The molecule has 4 rings (SSSR count). The number of nitrogen functional groups attached to an aromatic ring is 1. The number of benzene rings is 1. The summed E-state index contributed by atoms with van der Waals surface area (Å²) in [5.74, 6) is -0.117. The van der Waals surface area contributed by atoms with Gasteiger partial charge in [0.15, 0.2) is 0 Å². The lowest BCUT2D eigenvalue weighted by molar-refractivity contribution is -0.670. The Morgan fingerprint density at radius 2 is 2.04 bits per heavy atom. The number of anilines is 2. The van der Waals surface area contributed by atoms with Crippen molar-refractivity contribution in [2.24, 2.45) is 0 Å². The maximum Gasteiger partial charge on any atom is 0.303 e. The third-order valence-electron chi connectivity index (χ3n) is 4.10. The third kappa shape index (κ3) is 2.80. The molecule has 0 unspecified atom stereocenters. The van der Waals surface area contributed by atoms with Crippen LogP contribution in [0.25, 0.3) is 15.9 Å². The van der Waals surface area contributed by atoms with E-state index in [-0.39, 0.29) is 11.8 Å². The van der Waals surface area contributed by atoms with Gasteiger partial charge >= 0.3 is 5.88 Å². The van der Waals surface area contributed by atoms with Crippen LogP contribution in [0, 0.1) is 13.8 Å². The van der Waals surface area contributed by atoms with E-state index >= 15 is 0 Å². The molecule has 0 aliphatic heterocycles. The molecule has 0 saturated carbocycles. The van der Waals surface area contributed by atoms with E-state index in [2.05, 4.69) is 15.6 Å². The van der Waals surface area contributed by atoms with Gasteiger partial charge in [0.1, 0.15) is 9.71 Å². The predicted octanol–water partition coefficient (Wildman–Crippen LogP) is 3.01. The minimum Gasteiger partial charge on any atom is -0.397 e. The quantitative estimate of drug-likeness (QED) is 0.543. The van der Waals surface area contributed by atoms with Crippen molar-refractivity contribution in [2.45, 2.75) is 13.8 Å². The summed E-state index contributed by atoms with van der Waals surface area (Å²) in [4.78, 5) is 18.3. The number of nitrogens with one attached hydrogen (secondary N) is 1. The summed E-state index contributed by atoms with van der Waals surface area (Å²) in [5.41, 5.74) is 9.38. The van der Waals surface area contributed by atoms with E-state index < -0.39 is 0 Å². The minimum atomic E-state index is -0.350. The molecule has 1 aromatic carbocycles. The number of fused-ring (bicyclic) bond motifs is 1. The first-order valence-electron chi connectivity index (χ1n) is 7.94. The summed E-state index contributed by atoms with van der Waals surface area (Å²) in [7, 11) is 0. The van der Waals surface area contributed by atoms with Crippen LogP contribution in [-0.2, 0) is 0 Å². The largest absolute Gasteiger partial charge is 0.397 e. The number of hydrogen-bond donors (Lipinski definition) is 2. The number of carbonyl (C=O) groups is 1. The van der Waals surface area contributed by atoms with E-state index in [4.69, 9.17) is 10.3 Å². The Morgan fingerprint density at radius 3 is 2.81 bits per heavy atom. The van der Waals surface area contributed by atoms with Crippen molar-refractivity contribution < 1.29 is 14.0 Å². The average molecular weight is 366 g/mol. The molecular formula is C18H16N5O2S+. The van der Waals surface area contributed by atoms with Crippen LogP contribution in [-0.4, -0.2) is 16.2 Å². The Hall–Kier alpha value is -3.26. The summed E-state index contributed by atoms with van der Waals surface area (Å²) >= 11 is 1.26. The van der Waals surface area contributed by atoms with Gasteiger partial charge < -0.3 is 5.73 Å². The van der Waals surface area contributed by atoms with Crippen LogP contribution in [0.15, 0.2) is 47.1 Å². The van der Waals surface area contributed by atoms with Gasteiger partial charge in [-0.05, 0) is 30.2 Å². The van der Waals surface area contributed by atoms with E-state index in [1.54, 1.807) is 6.20 Å². The Morgan fingerprint density at radius 1 is 1.27 bits per heavy atom. The maximum absolute atomic E-state index is 12.6. The zero-order valence-corrected chi connectivity index (χ0v) is 15.0. The molecule has 0 atom stereocenters. The van der Waals surface area contributed by atoms with Crippen molar-refractivity contribution in [3.8, 4) is 5.69 Å². The standard InChI is InChI=1S/C18H15N5O2S/c1-10-8-13-15(19)16(26-18(13)20-11(10)2)17(24)21-14-9-23(22-25-14)12-6-4-3-5-7-12/h3-9H,1-2H3,(H2-,19,21,22,24)/p+1. The van der Waals surface area contributed by atoms with E-state index in [1.807, 2.05) is 50.2 Å². The van der Waals surface area contributed by atoms with Crippen molar-refractivity contribution in [1.29, 1.82) is 0 Å². The van der Waals surface area contributed by atoms with Crippen LogP contribution < -0.4 is 15.7 Å². The second-order valence-electron chi connectivity index (χ2n) is 5.89. The van der Waals surface area contributed by atoms with Gasteiger partial charge in [-0.2, -0.15) is 0 Å². The van der Waals surface area contributed by atoms with Crippen LogP contribution in [0.4, 0.5) is 11.6 Å². The first kappa shape index (κ1) is 16.2. The number of para-hydroxylation sites is 1. The number of nitrogens with zero attached hydrogens (tertiary/aromatic N) is 3.